The molecule has 5 heteroatoms. The number of amides is 1. The number of hydrogen-bond acceptors (Lipinski definition) is 3. The van der Waals surface area contributed by atoms with Crippen LogP contribution < -0.4 is 5.32 Å². The van der Waals surface area contributed by atoms with Gasteiger partial charge in [0.15, 0.2) is 0 Å². The van der Waals surface area contributed by atoms with E-state index in [1.54, 1.807) is 26.8 Å². The van der Waals surface area contributed by atoms with Crippen molar-refractivity contribution in [2.24, 2.45) is 0 Å². The summed E-state index contributed by atoms with van der Waals surface area (Å²) < 4.78 is 5.21. The highest BCUT2D eigenvalue weighted by molar-refractivity contribution is 5.93. The predicted octanol–water partition coefficient (Wildman–Crippen LogP) is 4.28. The molecular weight excluding hydrogens is 294 g/mol. The third kappa shape index (κ3) is 5.14. The largest absolute Gasteiger partial charge is 0.478 e. The van der Waals surface area contributed by atoms with Crippen LogP contribution in [0.25, 0.3) is 16.8 Å². The fraction of sp³-hybridized carbons (Fsp3) is 0.222. The van der Waals surface area contributed by atoms with Crippen molar-refractivity contribution in [3.63, 3.8) is 0 Å². The van der Waals surface area contributed by atoms with E-state index >= 15 is 0 Å². The molecule has 2 aromatic rings. The smallest absolute Gasteiger partial charge is 0.412 e. The molecule has 0 radical (unpaired) electrons. The molecular formula is C18H19NO4. The molecule has 0 atom stereocenters. The van der Waals surface area contributed by atoms with E-state index in [1.807, 2.05) is 30.3 Å². The molecule has 5 nitrogen and oxygen atoms in total. The molecule has 0 bridgehead atoms. The van der Waals surface area contributed by atoms with Gasteiger partial charge in [0, 0.05) is 11.8 Å². The van der Waals surface area contributed by atoms with E-state index in [0.717, 1.165) is 22.4 Å². The average molecular weight is 313 g/mol. The highest BCUT2D eigenvalue weighted by Crippen LogP contribution is 2.22. The van der Waals surface area contributed by atoms with Crippen LogP contribution in [0.2, 0.25) is 0 Å². The van der Waals surface area contributed by atoms with Gasteiger partial charge >= 0.3 is 12.1 Å². The third-order valence-electron chi connectivity index (χ3n) is 2.93. The Labute approximate surface area is 134 Å². The second kappa shape index (κ2) is 6.52. The highest BCUT2D eigenvalue weighted by Gasteiger charge is 2.16. The van der Waals surface area contributed by atoms with Crippen molar-refractivity contribution in [1.29, 1.82) is 0 Å². The van der Waals surface area contributed by atoms with Crippen LogP contribution in [0, 0.1) is 0 Å². The number of anilines is 1. The molecule has 0 heterocycles. The maximum atomic E-state index is 11.8. The summed E-state index contributed by atoms with van der Waals surface area (Å²) in [7, 11) is 0. The van der Waals surface area contributed by atoms with Crippen molar-refractivity contribution < 1.29 is 19.4 Å². The van der Waals surface area contributed by atoms with Crippen LogP contribution in [0.15, 0.2) is 42.5 Å². The number of hydrogen-bond donors (Lipinski definition) is 2. The van der Waals surface area contributed by atoms with Gasteiger partial charge in [-0.05, 0) is 61.4 Å². The summed E-state index contributed by atoms with van der Waals surface area (Å²) in [5.74, 6) is -0.984. The van der Waals surface area contributed by atoms with Gasteiger partial charge < -0.3 is 9.84 Å². The van der Waals surface area contributed by atoms with Gasteiger partial charge in [-0.3, -0.25) is 5.32 Å². The predicted molar refractivity (Wildman–Crippen MR) is 90.5 cm³/mol. The Morgan fingerprint density at radius 3 is 2.39 bits per heavy atom. The van der Waals surface area contributed by atoms with Crippen LogP contribution in [0.4, 0.5) is 10.5 Å². The quantitative estimate of drug-likeness (QED) is 0.829. The Morgan fingerprint density at radius 1 is 1.09 bits per heavy atom. The average Bonchev–Trinajstić information content (AvgIpc) is 2.42. The topological polar surface area (TPSA) is 75.6 Å². The molecule has 2 aromatic carbocycles. The first-order valence-electron chi connectivity index (χ1n) is 7.18. The minimum Gasteiger partial charge on any atom is -0.478 e. The zero-order valence-corrected chi connectivity index (χ0v) is 13.3. The summed E-state index contributed by atoms with van der Waals surface area (Å²) in [5, 5.41) is 13.2. The molecule has 23 heavy (non-hydrogen) atoms. The van der Waals surface area contributed by atoms with Crippen LogP contribution in [0.1, 0.15) is 26.3 Å². The number of carboxylic acid groups (broad SMARTS) is 1. The van der Waals surface area contributed by atoms with Crippen molar-refractivity contribution in [1.82, 2.24) is 0 Å². The lowest BCUT2D eigenvalue weighted by Crippen LogP contribution is -2.27. The summed E-state index contributed by atoms with van der Waals surface area (Å²) in [6.45, 7) is 5.41. The molecule has 0 aliphatic carbocycles. The van der Waals surface area contributed by atoms with Crippen molar-refractivity contribution >= 4 is 34.6 Å². The van der Waals surface area contributed by atoms with Gasteiger partial charge in [0.25, 0.3) is 0 Å². The number of carboxylic acids is 1. The first-order valence-corrected chi connectivity index (χ1v) is 7.18. The third-order valence-corrected chi connectivity index (χ3v) is 2.93. The number of aliphatic carboxylic acids is 1. The number of benzene rings is 2. The number of ether oxygens (including phenoxy) is 1. The highest BCUT2D eigenvalue weighted by atomic mass is 16.6. The molecule has 0 aliphatic heterocycles. The lowest BCUT2D eigenvalue weighted by Gasteiger charge is -2.19. The van der Waals surface area contributed by atoms with Crippen LogP contribution in [-0.4, -0.2) is 22.8 Å². The molecule has 2 N–H and O–H groups in total. The zero-order chi connectivity index (χ0) is 17.0. The lowest BCUT2D eigenvalue weighted by atomic mass is 10.1. The first kappa shape index (κ1) is 16.5. The fourth-order valence-electron chi connectivity index (χ4n) is 2.03. The minimum atomic E-state index is -0.984. The van der Waals surface area contributed by atoms with Gasteiger partial charge in [0.1, 0.15) is 5.60 Å². The number of nitrogens with one attached hydrogen (secondary N) is 1. The molecule has 0 saturated heterocycles. The molecule has 2 rings (SSSR count). The minimum absolute atomic E-state index is 0.502. The van der Waals surface area contributed by atoms with Crippen molar-refractivity contribution in [2.45, 2.75) is 26.4 Å². The summed E-state index contributed by atoms with van der Waals surface area (Å²) in [4.78, 5) is 22.3. The molecule has 0 saturated carbocycles. The molecule has 0 spiro atoms. The number of fused-ring (bicyclic) bond motifs is 1. The first-order chi connectivity index (χ1) is 10.7. The zero-order valence-electron chi connectivity index (χ0n) is 13.3. The monoisotopic (exact) mass is 313 g/mol. The maximum Gasteiger partial charge on any atom is 0.412 e. The Balaban J connectivity index is 2.18. The van der Waals surface area contributed by atoms with Crippen LogP contribution >= 0.6 is 0 Å². The Morgan fingerprint density at radius 2 is 1.74 bits per heavy atom. The molecule has 120 valence electrons. The second-order valence-electron chi connectivity index (χ2n) is 6.12. The van der Waals surface area contributed by atoms with E-state index in [2.05, 4.69) is 5.32 Å². The van der Waals surface area contributed by atoms with E-state index in [-0.39, 0.29) is 0 Å². The molecule has 1 amide bonds. The van der Waals surface area contributed by atoms with Gasteiger partial charge in [-0.1, -0.05) is 18.2 Å². The van der Waals surface area contributed by atoms with Gasteiger partial charge in [-0.15, -0.1) is 0 Å². The number of carbonyl (C=O) groups is 2. The Kier molecular flexibility index (Phi) is 4.69. The van der Waals surface area contributed by atoms with Crippen LogP contribution in [0.5, 0.6) is 0 Å². The fourth-order valence-corrected chi connectivity index (χ4v) is 2.03. The van der Waals surface area contributed by atoms with E-state index in [0.29, 0.717) is 5.69 Å². The van der Waals surface area contributed by atoms with Crippen LogP contribution in [0.3, 0.4) is 0 Å². The second-order valence-corrected chi connectivity index (χ2v) is 6.12. The van der Waals surface area contributed by atoms with Crippen molar-refractivity contribution in [2.75, 3.05) is 5.32 Å². The SMILES string of the molecule is CC(C)(C)OC(=O)Nc1ccc2cc(/C=C/C(=O)O)ccc2c1. The van der Waals surface area contributed by atoms with E-state index < -0.39 is 17.7 Å². The van der Waals surface area contributed by atoms with E-state index in [9.17, 15) is 9.59 Å². The van der Waals surface area contributed by atoms with Crippen molar-refractivity contribution in [3.8, 4) is 0 Å². The molecule has 0 fully saturated rings. The van der Waals surface area contributed by atoms with Crippen LogP contribution in [-0.2, 0) is 9.53 Å². The normalized spacial score (nSPS) is 11.6. The number of carbonyl (C=O) groups excluding carboxylic acids is 1. The van der Waals surface area contributed by atoms with E-state index in [1.165, 1.54) is 6.08 Å². The summed E-state index contributed by atoms with van der Waals surface area (Å²) in [5.41, 5.74) is 0.889. The van der Waals surface area contributed by atoms with Gasteiger partial charge in [-0.25, -0.2) is 9.59 Å². The van der Waals surface area contributed by atoms with Gasteiger partial charge in [0.2, 0.25) is 0 Å². The Bertz CT molecular complexity index is 772. The molecule has 0 aromatic heterocycles. The molecule has 0 unspecified atom stereocenters. The lowest BCUT2D eigenvalue weighted by molar-refractivity contribution is -0.131. The Hall–Kier alpha value is -2.82. The maximum absolute atomic E-state index is 11.8. The van der Waals surface area contributed by atoms with Crippen molar-refractivity contribution in [3.05, 3.63) is 48.0 Å². The van der Waals surface area contributed by atoms with E-state index in [4.69, 9.17) is 9.84 Å². The summed E-state index contributed by atoms with van der Waals surface area (Å²) >= 11 is 0. The summed E-state index contributed by atoms with van der Waals surface area (Å²) in [6.07, 6.45) is 2.13. The van der Waals surface area contributed by atoms with Gasteiger partial charge in [-0.2, -0.15) is 0 Å². The molecule has 0 aliphatic rings. The standard InChI is InChI=1S/C18H19NO4/c1-18(2,3)23-17(22)19-15-8-7-13-10-12(5-9-16(20)21)4-6-14(13)11-15/h4-11H,1-3H3,(H,19,22)(H,20,21)/b9-5+. The van der Waals surface area contributed by atoms with Gasteiger partial charge in [0.05, 0.1) is 0 Å². The number of rotatable bonds is 3. The summed E-state index contributed by atoms with van der Waals surface area (Å²) in [6, 6.07) is 11.0.